The number of aryl methyl sites for hydroxylation is 1. The van der Waals surface area contributed by atoms with Gasteiger partial charge in [0.05, 0.1) is 29.4 Å². The van der Waals surface area contributed by atoms with Gasteiger partial charge < -0.3 is 20.2 Å². The maximum Gasteiger partial charge on any atom is 0.274 e. The standard InChI is InChI=1S/C27H35F2N5O4S/c1-19-16-22(30-24(17-19)34-12-8-27(28,29)9-13-34)25(36)31-21-3-2-20(32-39(37,38)15-14-35)18-23(21)33-10-6-26(4-5-26)7-11-33/h2-3,16-18,32,35H,4-15H2,1H3,(H,31,36). The number of anilines is 4. The molecule has 9 nitrogen and oxygen atoms in total. The van der Waals surface area contributed by atoms with Crippen LogP contribution in [0.3, 0.4) is 0 Å². The van der Waals surface area contributed by atoms with E-state index in [0.717, 1.165) is 31.5 Å². The Balaban J connectivity index is 1.38. The van der Waals surface area contributed by atoms with Crippen molar-refractivity contribution < 1.29 is 27.1 Å². The predicted octanol–water partition coefficient (Wildman–Crippen LogP) is 3.99. The molecule has 1 spiro atoms. The zero-order valence-corrected chi connectivity index (χ0v) is 22.9. The van der Waals surface area contributed by atoms with Gasteiger partial charge in [0, 0.05) is 39.0 Å². The number of aliphatic hydroxyl groups is 1. The number of hydrogen-bond donors (Lipinski definition) is 3. The number of rotatable bonds is 8. The average Bonchev–Trinajstić information content (AvgIpc) is 3.63. The number of nitrogens with zero attached hydrogens (tertiary/aromatic N) is 3. The van der Waals surface area contributed by atoms with Gasteiger partial charge in [0.25, 0.3) is 11.8 Å². The SMILES string of the molecule is Cc1cc(C(=O)Nc2ccc(NS(=O)(=O)CCO)cc2N2CCC3(CC2)CC3)nc(N2CCC(F)(F)CC2)c1. The molecule has 212 valence electrons. The van der Waals surface area contributed by atoms with E-state index in [0.29, 0.717) is 28.3 Å². The summed E-state index contributed by atoms with van der Waals surface area (Å²) in [6.45, 7) is 3.26. The highest BCUT2D eigenvalue weighted by atomic mass is 32.2. The number of halogens is 2. The van der Waals surface area contributed by atoms with Crippen molar-refractivity contribution in [1.82, 2.24) is 4.98 Å². The van der Waals surface area contributed by atoms with Gasteiger partial charge in [-0.2, -0.15) is 0 Å². The highest BCUT2D eigenvalue weighted by molar-refractivity contribution is 7.92. The number of aliphatic hydroxyl groups excluding tert-OH is 1. The highest BCUT2D eigenvalue weighted by Crippen LogP contribution is 2.54. The van der Waals surface area contributed by atoms with Gasteiger partial charge in [0.2, 0.25) is 10.0 Å². The van der Waals surface area contributed by atoms with Crippen LogP contribution in [0.2, 0.25) is 0 Å². The Hall–Kier alpha value is -2.99. The molecule has 0 bridgehead atoms. The van der Waals surface area contributed by atoms with E-state index in [-0.39, 0.29) is 31.6 Å². The summed E-state index contributed by atoms with van der Waals surface area (Å²) in [7, 11) is -3.71. The molecule has 1 aromatic heterocycles. The summed E-state index contributed by atoms with van der Waals surface area (Å²) in [5.74, 6) is -3.03. The Morgan fingerprint density at radius 3 is 2.31 bits per heavy atom. The number of piperidine rings is 2. The van der Waals surface area contributed by atoms with E-state index < -0.39 is 34.2 Å². The fraction of sp³-hybridized carbons (Fsp3) is 0.556. The van der Waals surface area contributed by atoms with E-state index >= 15 is 0 Å². The van der Waals surface area contributed by atoms with Crippen molar-refractivity contribution >= 4 is 38.8 Å². The molecule has 0 unspecified atom stereocenters. The van der Waals surface area contributed by atoms with Gasteiger partial charge in [-0.15, -0.1) is 0 Å². The lowest BCUT2D eigenvalue weighted by Crippen LogP contribution is -2.40. The molecule has 5 rings (SSSR count). The van der Waals surface area contributed by atoms with Crippen molar-refractivity contribution in [2.45, 2.75) is 51.4 Å². The van der Waals surface area contributed by atoms with Crippen LogP contribution < -0.4 is 19.8 Å². The second kappa shape index (κ2) is 10.5. The number of hydrogen-bond acceptors (Lipinski definition) is 7. The van der Waals surface area contributed by atoms with Crippen LogP contribution in [-0.2, 0) is 10.0 Å². The summed E-state index contributed by atoms with van der Waals surface area (Å²) in [5.41, 5.74) is 2.98. The molecule has 3 N–H and O–H groups in total. The molecular weight excluding hydrogens is 528 g/mol. The molecule has 3 fully saturated rings. The predicted molar refractivity (Wildman–Crippen MR) is 147 cm³/mol. The second-order valence-electron chi connectivity index (χ2n) is 11.0. The van der Waals surface area contributed by atoms with Gasteiger partial charge in [-0.1, -0.05) is 0 Å². The minimum Gasteiger partial charge on any atom is -0.395 e. The van der Waals surface area contributed by atoms with Crippen LogP contribution in [0.1, 0.15) is 54.6 Å². The maximum absolute atomic E-state index is 13.7. The normalized spacial score (nSPS) is 20.1. The van der Waals surface area contributed by atoms with Crippen LogP contribution in [0.4, 0.5) is 31.7 Å². The van der Waals surface area contributed by atoms with Crippen molar-refractivity contribution in [3.63, 3.8) is 0 Å². The van der Waals surface area contributed by atoms with Gasteiger partial charge in [-0.05, 0) is 73.9 Å². The van der Waals surface area contributed by atoms with Gasteiger partial charge in [0.1, 0.15) is 11.5 Å². The topological polar surface area (TPSA) is 115 Å². The Kier molecular flexibility index (Phi) is 7.45. The fourth-order valence-corrected chi connectivity index (χ4v) is 6.22. The zero-order chi connectivity index (χ0) is 27.8. The van der Waals surface area contributed by atoms with E-state index in [2.05, 4.69) is 19.9 Å². The number of sulfonamides is 1. The van der Waals surface area contributed by atoms with E-state index in [1.807, 2.05) is 6.92 Å². The van der Waals surface area contributed by atoms with E-state index in [9.17, 15) is 22.0 Å². The fourth-order valence-electron chi connectivity index (χ4n) is 5.39. The third-order valence-corrected chi connectivity index (χ3v) is 9.28. The largest absolute Gasteiger partial charge is 0.395 e. The van der Waals surface area contributed by atoms with Gasteiger partial charge in [-0.3, -0.25) is 9.52 Å². The molecule has 2 aromatic rings. The van der Waals surface area contributed by atoms with E-state index in [1.54, 1.807) is 35.2 Å². The minimum absolute atomic E-state index is 0.165. The van der Waals surface area contributed by atoms with E-state index in [4.69, 9.17) is 5.11 Å². The summed E-state index contributed by atoms with van der Waals surface area (Å²) in [6, 6.07) is 8.39. The second-order valence-corrected chi connectivity index (χ2v) is 12.9. The average molecular weight is 564 g/mol. The van der Waals surface area contributed by atoms with Crippen LogP contribution in [0.25, 0.3) is 0 Å². The van der Waals surface area contributed by atoms with Gasteiger partial charge >= 0.3 is 0 Å². The van der Waals surface area contributed by atoms with Gasteiger partial charge in [0.15, 0.2) is 0 Å². The van der Waals surface area contributed by atoms with Crippen molar-refractivity contribution in [3.8, 4) is 0 Å². The van der Waals surface area contributed by atoms with Crippen LogP contribution in [0, 0.1) is 12.3 Å². The molecule has 1 aromatic carbocycles. The summed E-state index contributed by atoms with van der Waals surface area (Å²) in [4.78, 5) is 21.8. The third kappa shape index (κ3) is 6.60. The van der Waals surface area contributed by atoms with Crippen molar-refractivity contribution in [3.05, 3.63) is 41.6 Å². The summed E-state index contributed by atoms with van der Waals surface area (Å²) in [6.07, 6.45) is 4.05. The molecule has 3 aliphatic rings. The number of pyridine rings is 1. The number of nitrogens with one attached hydrogen (secondary N) is 2. The zero-order valence-electron chi connectivity index (χ0n) is 22.0. The quantitative estimate of drug-likeness (QED) is 0.445. The first-order chi connectivity index (χ1) is 18.5. The van der Waals surface area contributed by atoms with Crippen LogP contribution in [0.15, 0.2) is 30.3 Å². The number of aromatic nitrogens is 1. The lowest BCUT2D eigenvalue weighted by Gasteiger charge is -2.35. The van der Waals surface area contributed by atoms with Crippen LogP contribution in [-0.4, -0.2) is 68.9 Å². The lowest BCUT2D eigenvalue weighted by atomic mass is 9.93. The first kappa shape index (κ1) is 27.6. The number of alkyl halides is 2. The molecule has 0 atom stereocenters. The summed E-state index contributed by atoms with van der Waals surface area (Å²) in [5, 5.41) is 12.0. The number of benzene rings is 1. The lowest BCUT2D eigenvalue weighted by molar-refractivity contribution is -0.0221. The molecular formula is C27H35F2N5O4S. The summed E-state index contributed by atoms with van der Waals surface area (Å²) >= 11 is 0. The van der Waals surface area contributed by atoms with Crippen molar-refractivity contribution in [1.29, 1.82) is 0 Å². The molecule has 1 aliphatic carbocycles. The molecule has 1 amide bonds. The number of amides is 1. The molecule has 12 heteroatoms. The monoisotopic (exact) mass is 563 g/mol. The highest BCUT2D eigenvalue weighted by Gasteiger charge is 2.44. The Morgan fingerprint density at radius 2 is 1.67 bits per heavy atom. The number of carbonyl (C=O) groups is 1. The molecule has 1 saturated carbocycles. The Labute approximate surface area is 227 Å². The van der Waals surface area contributed by atoms with E-state index in [1.165, 1.54) is 12.8 Å². The molecule has 2 saturated heterocycles. The smallest absolute Gasteiger partial charge is 0.274 e. The summed E-state index contributed by atoms with van der Waals surface area (Å²) < 4.78 is 54.3. The number of carbonyl (C=O) groups excluding carboxylic acids is 1. The van der Waals surface area contributed by atoms with Gasteiger partial charge in [-0.25, -0.2) is 22.2 Å². The minimum atomic E-state index is -3.71. The van der Waals surface area contributed by atoms with Crippen LogP contribution >= 0.6 is 0 Å². The third-order valence-electron chi connectivity index (χ3n) is 8.01. The van der Waals surface area contributed by atoms with Crippen molar-refractivity contribution in [2.24, 2.45) is 5.41 Å². The molecule has 2 aliphatic heterocycles. The maximum atomic E-state index is 13.7. The first-order valence-electron chi connectivity index (χ1n) is 13.4. The molecule has 0 radical (unpaired) electrons. The molecule has 3 heterocycles. The molecule has 39 heavy (non-hydrogen) atoms. The van der Waals surface area contributed by atoms with Crippen LogP contribution in [0.5, 0.6) is 0 Å². The van der Waals surface area contributed by atoms with Crippen molar-refractivity contribution in [2.75, 3.05) is 58.4 Å². The Bertz CT molecular complexity index is 1330. The first-order valence-corrected chi connectivity index (χ1v) is 15.1. The Morgan fingerprint density at radius 1 is 1.00 bits per heavy atom.